The standard InChI is InChI=1S/C9H9ClN4/c10-8-7(9(11)3-4-9)13-6-2-1-5-12-14(6)8/h1-2,5H,3-4,11H2. The zero-order valence-corrected chi connectivity index (χ0v) is 8.20. The van der Waals surface area contributed by atoms with Crippen LogP contribution in [0.25, 0.3) is 5.65 Å². The predicted octanol–water partition coefficient (Wildman–Crippen LogP) is 1.33. The minimum atomic E-state index is -0.301. The van der Waals surface area contributed by atoms with Crippen molar-refractivity contribution in [2.45, 2.75) is 18.4 Å². The summed E-state index contributed by atoms with van der Waals surface area (Å²) >= 11 is 6.14. The fourth-order valence-electron chi connectivity index (χ4n) is 1.55. The predicted molar refractivity (Wildman–Crippen MR) is 53.1 cm³/mol. The molecule has 0 unspecified atom stereocenters. The van der Waals surface area contributed by atoms with E-state index in [-0.39, 0.29) is 5.54 Å². The quantitative estimate of drug-likeness (QED) is 0.769. The van der Waals surface area contributed by atoms with Crippen molar-refractivity contribution in [1.29, 1.82) is 0 Å². The maximum absolute atomic E-state index is 6.14. The fourth-order valence-corrected chi connectivity index (χ4v) is 1.91. The number of halogens is 1. The molecule has 72 valence electrons. The molecule has 2 aromatic heterocycles. The van der Waals surface area contributed by atoms with Crippen LogP contribution in [0.2, 0.25) is 5.15 Å². The molecule has 1 saturated carbocycles. The third-order valence-corrected chi connectivity index (χ3v) is 2.94. The largest absolute Gasteiger partial charge is 0.320 e. The van der Waals surface area contributed by atoms with E-state index in [0.29, 0.717) is 5.15 Å². The van der Waals surface area contributed by atoms with Crippen LogP contribution in [0.5, 0.6) is 0 Å². The summed E-state index contributed by atoms with van der Waals surface area (Å²) in [6.45, 7) is 0. The Kier molecular flexibility index (Phi) is 1.44. The van der Waals surface area contributed by atoms with Gasteiger partial charge in [0.15, 0.2) is 10.8 Å². The van der Waals surface area contributed by atoms with E-state index in [0.717, 1.165) is 24.2 Å². The van der Waals surface area contributed by atoms with Crippen LogP contribution in [0.3, 0.4) is 0 Å². The van der Waals surface area contributed by atoms with Gasteiger partial charge in [0.1, 0.15) is 5.69 Å². The van der Waals surface area contributed by atoms with Gasteiger partial charge in [-0.2, -0.15) is 5.10 Å². The van der Waals surface area contributed by atoms with Gasteiger partial charge in [0.05, 0.1) is 5.54 Å². The van der Waals surface area contributed by atoms with Crippen LogP contribution in [0.15, 0.2) is 18.3 Å². The summed E-state index contributed by atoms with van der Waals surface area (Å²) in [6, 6.07) is 3.70. The number of imidazole rings is 1. The molecule has 1 aliphatic rings. The van der Waals surface area contributed by atoms with Gasteiger partial charge in [-0.3, -0.25) is 0 Å². The molecule has 0 radical (unpaired) electrons. The van der Waals surface area contributed by atoms with Gasteiger partial charge >= 0.3 is 0 Å². The second-order valence-corrected chi connectivity index (χ2v) is 4.06. The van der Waals surface area contributed by atoms with E-state index in [1.54, 1.807) is 10.7 Å². The lowest BCUT2D eigenvalue weighted by Crippen LogP contribution is -2.19. The topological polar surface area (TPSA) is 56.2 Å². The first-order valence-electron chi connectivity index (χ1n) is 4.49. The first-order valence-corrected chi connectivity index (χ1v) is 4.87. The molecule has 3 rings (SSSR count). The minimum absolute atomic E-state index is 0.301. The van der Waals surface area contributed by atoms with Crippen LogP contribution < -0.4 is 5.73 Å². The Balaban J connectivity index is 2.31. The van der Waals surface area contributed by atoms with Gasteiger partial charge in [0.2, 0.25) is 0 Å². The van der Waals surface area contributed by atoms with Crippen molar-refractivity contribution in [2.24, 2.45) is 5.73 Å². The molecule has 0 saturated heterocycles. The number of rotatable bonds is 1. The van der Waals surface area contributed by atoms with Crippen molar-refractivity contribution in [3.63, 3.8) is 0 Å². The zero-order chi connectivity index (χ0) is 9.76. The lowest BCUT2D eigenvalue weighted by Gasteiger charge is -2.03. The SMILES string of the molecule is NC1(c2nc3cccnn3c2Cl)CC1. The normalized spacial score (nSPS) is 18.7. The highest BCUT2D eigenvalue weighted by Gasteiger charge is 2.44. The Bertz CT molecular complexity index is 500. The molecule has 0 atom stereocenters. The summed E-state index contributed by atoms with van der Waals surface area (Å²) in [4.78, 5) is 4.39. The molecule has 5 heteroatoms. The van der Waals surface area contributed by atoms with E-state index in [9.17, 15) is 0 Å². The lowest BCUT2D eigenvalue weighted by atomic mass is 10.2. The van der Waals surface area contributed by atoms with Crippen LogP contribution in [-0.2, 0) is 5.54 Å². The molecular weight excluding hydrogens is 200 g/mol. The summed E-state index contributed by atoms with van der Waals surface area (Å²) in [5.74, 6) is 0. The molecule has 0 amide bonds. The van der Waals surface area contributed by atoms with Crippen molar-refractivity contribution in [2.75, 3.05) is 0 Å². The van der Waals surface area contributed by atoms with E-state index in [1.807, 2.05) is 12.1 Å². The van der Waals surface area contributed by atoms with Gasteiger partial charge in [0.25, 0.3) is 0 Å². The van der Waals surface area contributed by atoms with E-state index < -0.39 is 0 Å². The number of nitrogens with two attached hydrogens (primary N) is 1. The van der Waals surface area contributed by atoms with Gasteiger partial charge in [-0.25, -0.2) is 9.50 Å². The Morgan fingerprint density at radius 3 is 2.93 bits per heavy atom. The molecule has 2 N–H and O–H groups in total. The summed E-state index contributed by atoms with van der Waals surface area (Å²) in [5, 5.41) is 4.65. The summed E-state index contributed by atoms with van der Waals surface area (Å²) in [6.07, 6.45) is 3.59. The third-order valence-electron chi connectivity index (χ3n) is 2.60. The maximum Gasteiger partial charge on any atom is 0.156 e. The number of nitrogens with zero attached hydrogens (tertiary/aromatic N) is 3. The Labute approximate surface area is 85.7 Å². The second kappa shape index (κ2) is 2.46. The van der Waals surface area contributed by atoms with E-state index in [2.05, 4.69) is 10.1 Å². The molecular formula is C9H9ClN4. The van der Waals surface area contributed by atoms with Crippen LogP contribution >= 0.6 is 11.6 Å². The maximum atomic E-state index is 6.14. The van der Waals surface area contributed by atoms with Gasteiger partial charge in [-0.15, -0.1) is 0 Å². The van der Waals surface area contributed by atoms with Gasteiger partial charge < -0.3 is 5.73 Å². The van der Waals surface area contributed by atoms with Crippen LogP contribution in [0.1, 0.15) is 18.5 Å². The monoisotopic (exact) mass is 208 g/mol. The molecule has 1 fully saturated rings. The molecule has 0 spiro atoms. The second-order valence-electron chi connectivity index (χ2n) is 3.70. The molecule has 1 aliphatic carbocycles. The fraction of sp³-hybridized carbons (Fsp3) is 0.333. The zero-order valence-electron chi connectivity index (χ0n) is 7.44. The Morgan fingerprint density at radius 1 is 1.50 bits per heavy atom. The number of aromatic nitrogens is 3. The summed E-state index contributed by atoms with van der Waals surface area (Å²) in [5.41, 5.74) is 7.27. The highest BCUT2D eigenvalue weighted by atomic mass is 35.5. The summed E-state index contributed by atoms with van der Waals surface area (Å²) in [7, 11) is 0. The summed E-state index contributed by atoms with van der Waals surface area (Å²) < 4.78 is 1.61. The van der Waals surface area contributed by atoms with Crippen molar-refractivity contribution in [3.05, 3.63) is 29.2 Å². The van der Waals surface area contributed by atoms with Crippen molar-refractivity contribution in [3.8, 4) is 0 Å². The highest BCUT2D eigenvalue weighted by Crippen LogP contribution is 2.44. The average Bonchev–Trinajstić information content (AvgIpc) is 2.84. The van der Waals surface area contributed by atoms with Crippen molar-refractivity contribution >= 4 is 17.2 Å². The molecule has 2 heterocycles. The number of hydrogen-bond acceptors (Lipinski definition) is 3. The minimum Gasteiger partial charge on any atom is -0.320 e. The third kappa shape index (κ3) is 0.980. The van der Waals surface area contributed by atoms with Crippen LogP contribution in [0.4, 0.5) is 0 Å². The number of fused-ring (bicyclic) bond motifs is 1. The molecule has 14 heavy (non-hydrogen) atoms. The lowest BCUT2D eigenvalue weighted by molar-refractivity contribution is 0.714. The van der Waals surface area contributed by atoms with Crippen LogP contribution in [-0.4, -0.2) is 14.6 Å². The van der Waals surface area contributed by atoms with Crippen molar-refractivity contribution in [1.82, 2.24) is 14.6 Å². The molecule has 0 bridgehead atoms. The van der Waals surface area contributed by atoms with Crippen LogP contribution in [0, 0.1) is 0 Å². The van der Waals surface area contributed by atoms with Gasteiger partial charge in [-0.1, -0.05) is 11.6 Å². The van der Waals surface area contributed by atoms with Crippen molar-refractivity contribution < 1.29 is 0 Å². The number of hydrogen-bond donors (Lipinski definition) is 1. The molecule has 4 nitrogen and oxygen atoms in total. The molecule has 2 aromatic rings. The average molecular weight is 209 g/mol. The molecule has 0 aliphatic heterocycles. The smallest absolute Gasteiger partial charge is 0.156 e. The first-order chi connectivity index (χ1) is 6.71. The van der Waals surface area contributed by atoms with E-state index >= 15 is 0 Å². The first kappa shape index (κ1) is 8.20. The Hall–Kier alpha value is -1.13. The van der Waals surface area contributed by atoms with Gasteiger partial charge in [-0.05, 0) is 25.0 Å². The highest BCUT2D eigenvalue weighted by molar-refractivity contribution is 6.30. The van der Waals surface area contributed by atoms with E-state index in [1.165, 1.54) is 0 Å². The van der Waals surface area contributed by atoms with E-state index in [4.69, 9.17) is 17.3 Å². The van der Waals surface area contributed by atoms with Gasteiger partial charge in [0, 0.05) is 6.20 Å². The molecule has 0 aromatic carbocycles. The Morgan fingerprint density at radius 2 is 2.29 bits per heavy atom.